The minimum Gasteiger partial charge on any atom is -0.325 e. The molecule has 1 aromatic rings. The fraction of sp³-hybridized carbons (Fsp3) is 0.364. The molecular formula is C11H14ClNO. The molecule has 0 spiro atoms. The molecule has 0 aromatic heterocycles. The van der Waals surface area contributed by atoms with Crippen LogP contribution in [0, 0.1) is 6.92 Å². The Morgan fingerprint density at radius 3 is 2.64 bits per heavy atom. The van der Waals surface area contributed by atoms with Crippen molar-refractivity contribution in [1.82, 2.24) is 0 Å². The molecule has 3 heteroatoms. The van der Waals surface area contributed by atoms with Crippen molar-refractivity contribution >= 4 is 23.2 Å². The number of amides is 1. The second kappa shape index (κ2) is 4.47. The summed E-state index contributed by atoms with van der Waals surface area (Å²) >= 11 is 6.04. The molecule has 1 aromatic carbocycles. The van der Waals surface area contributed by atoms with Crippen molar-refractivity contribution in [2.24, 2.45) is 0 Å². The van der Waals surface area contributed by atoms with Gasteiger partial charge in [-0.15, -0.1) is 0 Å². The summed E-state index contributed by atoms with van der Waals surface area (Å²) in [4.78, 5) is 10.9. The molecule has 0 heterocycles. The highest BCUT2D eigenvalue weighted by Gasteiger charge is 2.07. The number of aryl methyl sites for hydroxylation is 2. The molecule has 0 saturated carbocycles. The molecule has 1 N–H and O–H groups in total. The van der Waals surface area contributed by atoms with E-state index >= 15 is 0 Å². The van der Waals surface area contributed by atoms with E-state index in [0.29, 0.717) is 5.02 Å². The summed E-state index contributed by atoms with van der Waals surface area (Å²) in [7, 11) is 0. The summed E-state index contributed by atoms with van der Waals surface area (Å²) in [5, 5.41) is 3.36. The van der Waals surface area contributed by atoms with Crippen LogP contribution in [0.4, 0.5) is 5.69 Å². The van der Waals surface area contributed by atoms with Gasteiger partial charge in [0, 0.05) is 6.92 Å². The summed E-state index contributed by atoms with van der Waals surface area (Å²) in [6, 6.07) is 3.89. The van der Waals surface area contributed by atoms with Crippen LogP contribution in [-0.4, -0.2) is 5.91 Å². The van der Waals surface area contributed by atoms with Gasteiger partial charge in [-0.25, -0.2) is 0 Å². The van der Waals surface area contributed by atoms with Gasteiger partial charge in [0.05, 0.1) is 10.7 Å². The smallest absolute Gasteiger partial charge is 0.221 e. The molecule has 76 valence electrons. The average molecular weight is 212 g/mol. The number of nitrogens with one attached hydrogen (secondary N) is 1. The van der Waals surface area contributed by atoms with Crippen LogP contribution >= 0.6 is 11.6 Å². The summed E-state index contributed by atoms with van der Waals surface area (Å²) in [6.45, 7) is 5.51. The Kier molecular flexibility index (Phi) is 3.53. The second-order valence-electron chi connectivity index (χ2n) is 3.32. The van der Waals surface area contributed by atoms with Crippen LogP contribution < -0.4 is 5.32 Å². The molecule has 0 aliphatic heterocycles. The molecule has 0 saturated heterocycles. The Bertz CT molecular complexity index is 361. The lowest BCUT2D eigenvalue weighted by molar-refractivity contribution is -0.114. The number of carbonyl (C=O) groups excluding carboxylic acids is 1. The molecule has 0 atom stereocenters. The van der Waals surface area contributed by atoms with E-state index < -0.39 is 0 Å². The van der Waals surface area contributed by atoms with E-state index in [1.807, 2.05) is 26.0 Å². The first-order valence-electron chi connectivity index (χ1n) is 4.61. The van der Waals surface area contributed by atoms with Gasteiger partial charge in [0.2, 0.25) is 5.91 Å². The van der Waals surface area contributed by atoms with Crippen LogP contribution in [0.15, 0.2) is 12.1 Å². The monoisotopic (exact) mass is 211 g/mol. The van der Waals surface area contributed by atoms with Crippen LogP contribution in [0.25, 0.3) is 0 Å². The maximum Gasteiger partial charge on any atom is 0.221 e. The molecule has 14 heavy (non-hydrogen) atoms. The highest BCUT2D eigenvalue weighted by molar-refractivity contribution is 6.34. The Morgan fingerprint density at radius 1 is 1.50 bits per heavy atom. The molecule has 0 bridgehead atoms. The van der Waals surface area contributed by atoms with Crippen LogP contribution in [0.2, 0.25) is 5.02 Å². The van der Waals surface area contributed by atoms with E-state index in [-0.39, 0.29) is 5.91 Å². The fourth-order valence-corrected chi connectivity index (χ4v) is 1.75. The summed E-state index contributed by atoms with van der Waals surface area (Å²) in [6.07, 6.45) is 0.858. The van der Waals surface area contributed by atoms with Gasteiger partial charge in [0.1, 0.15) is 0 Å². The predicted octanol–water partition coefficient (Wildman–Crippen LogP) is 3.17. The molecule has 2 nitrogen and oxygen atoms in total. The van der Waals surface area contributed by atoms with Crippen LogP contribution in [-0.2, 0) is 11.2 Å². The third-order valence-corrected chi connectivity index (χ3v) is 2.30. The number of hydrogen-bond donors (Lipinski definition) is 1. The Morgan fingerprint density at radius 2 is 2.14 bits per heavy atom. The maximum absolute atomic E-state index is 10.9. The fourth-order valence-electron chi connectivity index (χ4n) is 1.41. The molecule has 1 amide bonds. The quantitative estimate of drug-likeness (QED) is 0.800. The van der Waals surface area contributed by atoms with E-state index in [1.54, 1.807) is 0 Å². The normalized spacial score (nSPS) is 10.0. The average Bonchev–Trinajstić information content (AvgIpc) is 2.08. The number of halogens is 1. The lowest BCUT2D eigenvalue weighted by Gasteiger charge is -2.11. The van der Waals surface area contributed by atoms with Gasteiger partial charge in [0.15, 0.2) is 0 Å². The largest absolute Gasteiger partial charge is 0.325 e. The van der Waals surface area contributed by atoms with E-state index in [4.69, 9.17) is 11.6 Å². The highest BCUT2D eigenvalue weighted by Crippen LogP contribution is 2.28. The van der Waals surface area contributed by atoms with Crippen molar-refractivity contribution in [3.8, 4) is 0 Å². The van der Waals surface area contributed by atoms with Gasteiger partial charge in [-0.3, -0.25) is 4.79 Å². The first kappa shape index (κ1) is 11.1. The Labute approximate surface area is 89.3 Å². The first-order chi connectivity index (χ1) is 6.54. The van der Waals surface area contributed by atoms with E-state index in [1.165, 1.54) is 6.92 Å². The lowest BCUT2D eigenvalue weighted by Crippen LogP contribution is -2.08. The van der Waals surface area contributed by atoms with Crippen LogP contribution in [0.3, 0.4) is 0 Å². The first-order valence-corrected chi connectivity index (χ1v) is 4.99. The van der Waals surface area contributed by atoms with Gasteiger partial charge < -0.3 is 5.32 Å². The van der Waals surface area contributed by atoms with E-state index in [2.05, 4.69) is 5.32 Å². The van der Waals surface area contributed by atoms with Gasteiger partial charge in [-0.1, -0.05) is 24.6 Å². The van der Waals surface area contributed by atoms with Crippen molar-refractivity contribution < 1.29 is 4.79 Å². The van der Waals surface area contributed by atoms with E-state index in [0.717, 1.165) is 23.2 Å². The molecule has 0 fully saturated rings. The highest BCUT2D eigenvalue weighted by atomic mass is 35.5. The third kappa shape index (κ3) is 2.48. The Balaban J connectivity index is 3.18. The summed E-state index contributed by atoms with van der Waals surface area (Å²) in [5.74, 6) is -0.0922. The van der Waals surface area contributed by atoms with Crippen molar-refractivity contribution in [2.45, 2.75) is 27.2 Å². The number of carbonyl (C=O) groups is 1. The molecule has 0 aliphatic rings. The minimum absolute atomic E-state index is 0.0922. The molecule has 0 aliphatic carbocycles. The SMILES string of the molecule is CCc1cc(C)cc(Cl)c1NC(C)=O. The van der Waals surface area contributed by atoms with Crippen molar-refractivity contribution in [3.05, 3.63) is 28.3 Å². The van der Waals surface area contributed by atoms with Crippen molar-refractivity contribution in [3.63, 3.8) is 0 Å². The zero-order valence-corrected chi connectivity index (χ0v) is 9.40. The number of hydrogen-bond acceptors (Lipinski definition) is 1. The Hall–Kier alpha value is -1.02. The predicted molar refractivity (Wildman–Crippen MR) is 59.9 cm³/mol. The minimum atomic E-state index is -0.0922. The number of rotatable bonds is 2. The second-order valence-corrected chi connectivity index (χ2v) is 3.72. The van der Waals surface area contributed by atoms with Crippen molar-refractivity contribution in [1.29, 1.82) is 0 Å². The van der Waals surface area contributed by atoms with Gasteiger partial charge in [-0.2, -0.15) is 0 Å². The molecule has 0 radical (unpaired) electrons. The van der Waals surface area contributed by atoms with Crippen molar-refractivity contribution in [2.75, 3.05) is 5.32 Å². The zero-order valence-electron chi connectivity index (χ0n) is 8.65. The zero-order chi connectivity index (χ0) is 10.7. The molecule has 1 rings (SSSR count). The summed E-state index contributed by atoms with van der Waals surface area (Å²) < 4.78 is 0. The molecular weight excluding hydrogens is 198 g/mol. The lowest BCUT2D eigenvalue weighted by atomic mass is 10.1. The number of benzene rings is 1. The van der Waals surface area contributed by atoms with E-state index in [9.17, 15) is 4.79 Å². The number of anilines is 1. The summed E-state index contributed by atoms with van der Waals surface area (Å²) in [5.41, 5.74) is 2.93. The third-order valence-electron chi connectivity index (χ3n) is 2.00. The van der Waals surface area contributed by atoms with Crippen LogP contribution in [0.5, 0.6) is 0 Å². The van der Waals surface area contributed by atoms with Gasteiger partial charge >= 0.3 is 0 Å². The topological polar surface area (TPSA) is 29.1 Å². The standard InChI is InChI=1S/C11H14ClNO/c1-4-9-5-7(2)6-10(12)11(9)13-8(3)14/h5-6H,4H2,1-3H3,(H,13,14). The maximum atomic E-state index is 10.9. The molecule has 0 unspecified atom stereocenters. The van der Waals surface area contributed by atoms with Gasteiger partial charge in [0.25, 0.3) is 0 Å². The van der Waals surface area contributed by atoms with Gasteiger partial charge in [-0.05, 0) is 30.5 Å². The van der Waals surface area contributed by atoms with Crippen LogP contribution in [0.1, 0.15) is 25.0 Å².